The van der Waals surface area contributed by atoms with Crippen molar-refractivity contribution in [1.82, 2.24) is 41.0 Å². The average Bonchev–Trinajstić information content (AvgIpc) is 4.04. The number of aromatic amines is 2. The normalized spacial score (nSPS) is 21.1. The number of H-pyrrole nitrogens is 2. The van der Waals surface area contributed by atoms with Crippen LogP contribution in [0.3, 0.4) is 0 Å². The van der Waals surface area contributed by atoms with Gasteiger partial charge in [-0.05, 0) is 111 Å². The summed E-state index contributed by atoms with van der Waals surface area (Å²) < 4.78 is 42.4. The molecule has 2 aliphatic rings. The summed E-state index contributed by atoms with van der Waals surface area (Å²) in [7, 11) is 6.70. The number of aromatic nitrogens is 2. The first kappa shape index (κ1) is 50.5. The predicted molar refractivity (Wildman–Crippen MR) is 254 cm³/mol. The van der Waals surface area contributed by atoms with Crippen molar-refractivity contribution in [3.05, 3.63) is 59.2 Å². The molecule has 4 heterocycles. The lowest BCUT2D eigenvalue weighted by molar-refractivity contribution is -0.141. The van der Waals surface area contributed by atoms with Crippen LogP contribution in [0.2, 0.25) is 0 Å². The van der Waals surface area contributed by atoms with Crippen molar-refractivity contribution in [3.63, 3.8) is 0 Å². The van der Waals surface area contributed by atoms with Crippen molar-refractivity contribution >= 4 is 45.4 Å². The minimum Gasteiger partial charge on any atom is -0.379 e. The van der Waals surface area contributed by atoms with Crippen molar-refractivity contribution in [1.29, 1.82) is 0 Å². The molecule has 0 radical (unpaired) electrons. The quantitative estimate of drug-likeness (QED) is 0.0753. The molecule has 6 rings (SSSR count). The SMILES string of the molecule is CC[C@H](NC)C(=O)N[C@H](C(=O)N1CC[C@@H](OC)[C@@H]1Cc1c(-c2[nH]c3cc(F)ccc3c2C[C@H]2[C@H](OC)CCN2C(=O)[C@@H](NC(=O)[C@H](CC)NC)C(C)(C)C)[nH]c2cc(F)ccc12)C(C)(C)C. The number of likely N-dealkylation sites (tertiary alicyclic amines) is 2. The second-order valence-electron chi connectivity index (χ2n) is 20.2. The number of nitrogens with one attached hydrogen (secondary N) is 6. The molecule has 8 atom stereocenters. The molecule has 0 unspecified atom stereocenters. The number of fused-ring (bicyclic) bond motifs is 2. The van der Waals surface area contributed by atoms with Crippen molar-refractivity contribution in [2.75, 3.05) is 41.4 Å². The minimum atomic E-state index is -0.842. The largest absolute Gasteiger partial charge is 0.379 e. The zero-order valence-electron chi connectivity index (χ0n) is 40.8. The second kappa shape index (κ2) is 20.5. The van der Waals surface area contributed by atoms with Gasteiger partial charge in [0.05, 0.1) is 47.8 Å². The Labute approximate surface area is 388 Å². The monoisotopic (exact) mass is 919 g/mol. The van der Waals surface area contributed by atoms with Gasteiger partial charge in [-0.25, -0.2) is 8.78 Å². The van der Waals surface area contributed by atoms with Gasteiger partial charge in [-0.15, -0.1) is 0 Å². The van der Waals surface area contributed by atoms with Crippen molar-refractivity contribution in [2.24, 2.45) is 10.8 Å². The third-order valence-corrected chi connectivity index (χ3v) is 13.9. The van der Waals surface area contributed by atoms with Gasteiger partial charge in [0.25, 0.3) is 0 Å². The summed E-state index contributed by atoms with van der Waals surface area (Å²) >= 11 is 0. The summed E-state index contributed by atoms with van der Waals surface area (Å²) in [6.07, 6.45) is 2.07. The highest BCUT2D eigenvalue weighted by Gasteiger charge is 2.46. The van der Waals surface area contributed by atoms with Gasteiger partial charge in [0.2, 0.25) is 23.6 Å². The Kier molecular flexibility index (Phi) is 15.7. The molecule has 2 fully saturated rings. The summed E-state index contributed by atoms with van der Waals surface area (Å²) in [5, 5.41) is 13.7. The summed E-state index contributed by atoms with van der Waals surface area (Å²) in [6.45, 7) is 16.2. The fourth-order valence-electron chi connectivity index (χ4n) is 10.1. The number of hydrogen-bond acceptors (Lipinski definition) is 8. The Hall–Kier alpha value is -4.90. The Morgan fingerprint density at radius 3 is 1.33 bits per heavy atom. The molecule has 2 aromatic heterocycles. The van der Waals surface area contributed by atoms with Crippen LogP contribution >= 0.6 is 0 Å². The van der Waals surface area contributed by atoms with E-state index in [1.807, 2.05) is 65.2 Å². The van der Waals surface area contributed by atoms with Gasteiger partial charge in [0.15, 0.2) is 0 Å². The Bertz CT molecular complexity index is 2210. The van der Waals surface area contributed by atoms with Gasteiger partial charge in [-0.2, -0.15) is 0 Å². The molecule has 0 aliphatic carbocycles. The molecule has 362 valence electrons. The standard InChI is InChI=1S/C50H72F2N8O6/c1-13-33(53-9)45(61)57-43(49(3,4)5)47(63)59-21-19-39(65-11)37(59)25-31-29-17-15-27(51)23-35(29)55-41(31)42-32(30-18-16-28(52)24-36(30)56-42)26-38-40(66-12)20-22-60(38)48(64)44(50(6,7)8)58-46(62)34(14-2)54-10/h15-18,23-24,33-34,37-40,43-44,53-56H,13-14,19-22,25-26H2,1-12H3,(H,57,61)(H,58,62)/t33-,34-,37-,38-,39+,40+,43+,44+/m0/s1. The Morgan fingerprint density at radius 2 is 1.03 bits per heavy atom. The van der Waals surface area contributed by atoms with E-state index in [-0.39, 0.29) is 35.8 Å². The summed E-state index contributed by atoms with van der Waals surface area (Å²) in [6, 6.07) is 5.54. The third-order valence-electron chi connectivity index (χ3n) is 13.9. The third kappa shape index (κ3) is 10.3. The van der Waals surface area contributed by atoms with E-state index in [4.69, 9.17) is 9.47 Å². The van der Waals surface area contributed by atoms with E-state index in [2.05, 4.69) is 31.2 Å². The zero-order chi connectivity index (χ0) is 48.4. The lowest BCUT2D eigenvalue weighted by atomic mass is 9.85. The molecule has 0 bridgehead atoms. The smallest absolute Gasteiger partial charge is 0.246 e. The molecule has 0 spiro atoms. The van der Waals surface area contributed by atoms with Crippen LogP contribution in [0.1, 0.15) is 92.2 Å². The van der Waals surface area contributed by atoms with Gasteiger partial charge >= 0.3 is 0 Å². The number of ether oxygens (including phenoxy) is 2. The van der Waals surface area contributed by atoms with E-state index >= 15 is 8.78 Å². The summed E-state index contributed by atoms with van der Waals surface area (Å²) in [5.41, 5.74) is 2.61. The Morgan fingerprint density at radius 1 is 0.667 bits per heavy atom. The Balaban J connectivity index is 1.46. The highest BCUT2D eigenvalue weighted by Crippen LogP contribution is 2.41. The summed E-state index contributed by atoms with van der Waals surface area (Å²) in [5.74, 6) is -1.84. The molecule has 2 aliphatic heterocycles. The topological polar surface area (TPSA) is 173 Å². The number of amides is 4. The molecule has 66 heavy (non-hydrogen) atoms. The maximum atomic E-state index is 15.1. The van der Waals surface area contributed by atoms with Crippen LogP contribution in [0.15, 0.2) is 36.4 Å². The number of benzene rings is 2. The van der Waals surface area contributed by atoms with E-state index < -0.39 is 58.7 Å². The van der Waals surface area contributed by atoms with Crippen LogP contribution in [-0.2, 0) is 41.5 Å². The van der Waals surface area contributed by atoms with Crippen LogP contribution in [0.5, 0.6) is 0 Å². The van der Waals surface area contributed by atoms with Gasteiger partial charge in [-0.3, -0.25) is 19.2 Å². The lowest BCUT2D eigenvalue weighted by Gasteiger charge is -2.37. The first-order valence-electron chi connectivity index (χ1n) is 23.4. The molecular weight excluding hydrogens is 847 g/mol. The molecule has 2 aromatic carbocycles. The first-order valence-corrected chi connectivity index (χ1v) is 23.4. The van der Waals surface area contributed by atoms with E-state index in [1.165, 1.54) is 24.3 Å². The molecule has 0 saturated carbocycles. The van der Waals surface area contributed by atoms with Crippen LogP contribution in [0.25, 0.3) is 33.2 Å². The highest BCUT2D eigenvalue weighted by atomic mass is 19.1. The number of methoxy groups -OCH3 is 2. The van der Waals surface area contributed by atoms with Crippen LogP contribution < -0.4 is 21.3 Å². The van der Waals surface area contributed by atoms with Gasteiger partial charge < -0.3 is 50.5 Å². The van der Waals surface area contributed by atoms with Crippen LogP contribution in [0, 0.1) is 22.5 Å². The van der Waals surface area contributed by atoms with E-state index in [0.717, 1.165) is 21.9 Å². The number of rotatable bonds is 17. The minimum absolute atomic E-state index is 0.224. The number of carbonyl (C=O) groups excluding carboxylic acids is 4. The molecule has 14 nitrogen and oxygen atoms in total. The number of likely N-dealkylation sites (N-methyl/N-ethyl adjacent to an activating group) is 2. The van der Waals surface area contributed by atoms with Gasteiger partial charge in [0.1, 0.15) is 23.7 Å². The first-order chi connectivity index (χ1) is 31.2. The zero-order valence-corrected chi connectivity index (χ0v) is 40.8. The second-order valence-corrected chi connectivity index (χ2v) is 20.2. The number of halogens is 2. The highest BCUT2D eigenvalue weighted by molar-refractivity contribution is 5.97. The molecule has 2 saturated heterocycles. The maximum Gasteiger partial charge on any atom is 0.246 e. The molecule has 16 heteroatoms. The number of carbonyl (C=O) groups is 4. The fraction of sp³-hybridized carbons (Fsp3) is 0.600. The van der Waals surface area contributed by atoms with Crippen LogP contribution in [0.4, 0.5) is 8.78 Å². The van der Waals surface area contributed by atoms with Gasteiger partial charge in [-0.1, -0.05) is 55.4 Å². The number of nitrogens with zero attached hydrogens (tertiary/aromatic N) is 2. The number of hydrogen-bond donors (Lipinski definition) is 6. The maximum absolute atomic E-state index is 15.1. The molecule has 4 aromatic rings. The molecular formula is C50H72F2N8O6. The molecule has 4 amide bonds. The lowest BCUT2D eigenvalue weighted by Crippen LogP contribution is -2.59. The van der Waals surface area contributed by atoms with Crippen molar-refractivity contribution < 1.29 is 37.4 Å². The molecule has 6 N–H and O–H groups in total. The van der Waals surface area contributed by atoms with Crippen molar-refractivity contribution in [3.8, 4) is 11.4 Å². The van der Waals surface area contributed by atoms with Gasteiger partial charge in [0, 0.05) is 49.1 Å². The van der Waals surface area contributed by atoms with E-state index in [0.29, 0.717) is 74.0 Å². The van der Waals surface area contributed by atoms with E-state index in [1.54, 1.807) is 40.4 Å². The average molecular weight is 919 g/mol. The van der Waals surface area contributed by atoms with Crippen LogP contribution in [-0.4, -0.2) is 133 Å². The summed E-state index contributed by atoms with van der Waals surface area (Å²) in [4.78, 5) is 67.2. The van der Waals surface area contributed by atoms with Crippen molar-refractivity contribution in [2.45, 2.75) is 142 Å². The van der Waals surface area contributed by atoms with E-state index in [9.17, 15) is 19.2 Å². The predicted octanol–water partition coefficient (Wildman–Crippen LogP) is 5.97. The fourth-order valence-corrected chi connectivity index (χ4v) is 10.1.